The smallest absolute Gasteiger partial charge is 0.243 e. The molecule has 2 saturated heterocycles. The zero-order valence-corrected chi connectivity index (χ0v) is 20.3. The van der Waals surface area contributed by atoms with Crippen molar-refractivity contribution in [1.29, 1.82) is 0 Å². The van der Waals surface area contributed by atoms with Gasteiger partial charge in [0.1, 0.15) is 0 Å². The van der Waals surface area contributed by atoms with Gasteiger partial charge in [0, 0.05) is 51.7 Å². The Morgan fingerprint density at radius 2 is 1.77 bits per heavy atom. The van der Waals surface area contributed by atoms with Crippen LogP contribution in [0.1, 0.15) is 42.9 Å². The second-order valence-corrected chi connectivity index (χ2v) is 10.8. The average molecular weight is 451 g/mol. The lowest BCUT2D eigenvalue weighted by molar-refractivity contribution is -0.131. The molecule has 1 aromatic carbocycles. The van der Waals surface area contributed by atoms with Crippen molar-refractivity contribution in [2.45, 2.75) is 57.9 Å². The number of benzene rings is 1. The Labute approximate surface area is 187 Å². The predicted molar refractivity (Wildman–Crippen MR) is 124 cm³/mol. The molecule has 2 aliphatic heterocycles. The molecule has 0 aliphatic carbocycles. The SMILES string of the molecule is CCN1CCC[C@H]1CN(CCC(=O)N1CCNCC1)S(=O)(=O)c1c(C)cc(C)cc1C. The van der Waals surface area contributed by atoms with E-state index in [0.29, 0.717) is 24.5 Å². The number of amides is 1. The first-order valence-electron chi connectivity index (χ1n) is 11.5. The van der Waals surface area contributed by atoms with Crippen LogP contribution < -0.4 is 5.32 Å². The lowest BCUT2D eigenvalue weighted by atomic mass is 10.1. The highest BCUT2D eigenvalue weighted by molar-refractivity contribution is 7.89. The van der Waals surface area contributed by atoms with Crippen LogP contribution in [0.15, 0.2) is 17.0 Å². The van der Waals surface area contributed by atoms with Crippen LogP contribution in [0.3, 0.4) is 0 Å². The van der Waals surface area contributed by atoms with Gasteiger partial charge in [0.15, 0.2) is 0 Å². The maximum atomic E-state index is 13.8. The summed E-state index contributed by atoms with van der Waals surface area (Å²) in [6.07, 6.45) is 2.31. The van der Waals surface area contributed by atoms with Gasteiger partial charge >= 0.3 is 0 Å². The number of likely N-dealkylation sites (N-methyl/N-ethyl adjacent to an activating group) is 1. The van der Waals surface area contributed by atoms with Gasteiger partial charge in [0.2, 0.25) is 15.9 Å². The molecule has 7 nitrogen and oxygen atoms in total. The normalized spacial score (nSPS) is 20.5. The highest BCUT2D eigenvalue weighted by Crippen LogP contribution is 2.27. The van der Waals surface area contributed by atoms with E-state index >= 15 is 0 Å². The van der Waals surface area contributed by atoms with Crippen LogP contribution in [0.2, 0.25) is 0 Å². The molecule has 0 radical (unpaired) electrons. The number of aryl methyl sites for hydroxylation is 3. The molecule has 2 heterocycles. The van der Waals surface area contributed by atoms with E-state index in [1.807, 2.05) is 37.8 Å². The molecule has 0 spiro atoms. The number of hydrogen-bond donors (Lipinski definition) is 1. The maximum Gasteiger partial charge on any atom is 0.243 e. The van der Waals surface area contributed by atoms with Crippen LogP contribution >= 0.6 is 0 Å². The Balaban J connectivity index is 1.84. The topological polar surface area (TPSA) is 73.0 Å². The Bertz CT molecular complexity index is 858. The number of carbonyl (C=O) groups is 1. The van der Waals surface area contributed by atoms with Gasteiger partial charge < -0.3 is 10.2 Å². The molecule has 0 aromatic heterocycles. The number of rotatable bonds is 8. The minimum Gasteiger partial charge on any atom is -0.340 e. The van der Waals surface area contributed by atoms with Gasteiger partial charge in [-0.3, -0.25) is 9.69 Å². The van der Waals surface area contributed by atoms with E-state index < -0.39 is 10.0 Å². The van der Waals surface area contributed by atoms with Crippen molar-refractivity contribution in [2.75, 3.05) is 52.4 Å². The summed E-state index contributed by atoms with van der Waals surface area (Å²) in [5.41, 5.74) is 2.60. The van der Waals surface area contributed by atoms with Crippen LogP contribution in [-0.2, 0) is 14.8 Å². The average Bonchev–Trinajstić information content (AvgIpc) is 3.17. The van der Waals surface area contributed by atoms with Gasteiger partial charge in [-0.2, -0.15) is 4.31 Å². The minimum atomic E-state index is -3.70. The molecule has 174 valence electrons. The van der Waals surface area contributed by atoms with Gasteiger partial charge in [-0.1, -0.05) is 24.6 Å². The van der Waals surface area contributed by atoms with Gasteiger partial charge in [-0.05, 0) is 57.8 Å². The highest BCUT2D eigenvalue weighted by Gasteiger charge is 2.33. The number of carbonyl (C=O) groups excluding carboxylic acids is 1. The van der Waals surface area contributed by atoms with Gasteiger partial charge in [0.25, 0.3) is 0 Å². The predicted octanol–water partition coefficient (Wildman–Crippen LogP) is 1.91. The van der Waals surface area contributed by atoms with Crippen molar-refractivity contribution in [3.8, 4) is 0 Å². The van der Waals surface area contributed by atoms with E-state index in [9.17, 15) is 13.2 Å². The van der Waals surface area contributed by atoms with Crippen LogP contribution in [0.4, 0.5) is 0 Å². The standard InChI is InChI=1S/C23H38N4O3S/c1-5-25-11-6-7-21(25)17-27(12-8-22(28)26-13-9-24-10-14-26)31(29,30)23-19(3)15-18(2)16-20(23)4/h15-16,21,24H,5-14,17H2,1-4H3/t21-/m0/s1. The summed E-state index contributed by atoms with van der Waals surface area (Å²) in [6, 6.07) is 4.07. The zero-order valence-electron chi connectivity index (χ0n) is 19.5. The second-order valence-electron chi connectivity index (χ2n) is 8.90. The lowest BCUT2D eigenvalue weighted by Crippen LogP contribution is -2.48. The summed E-state index contributed by atoms with van der Waals surface area (Å²) in [4.78, 5) is 17.4. The first-order valence-corrected chi connectivity index (χ1v) is 13.0. The molecule has 1 N–H and O–H groups in total. The van der Waals surface area contributed by atoms with Gasteiger partial charge in [0.05, 0.1) is 4.90 Å². The van der Waals surface area contributed by atoms with Crippen molar-refractivity contribution in [3.63, 3.8) is 0 Å². The summed E-state index contributed by atoms with van der Waals surface area (Å²) in [5.74, 6) is 0.0396. The lowest BCUT2D eigenvalue weighted by Gasteiger charge is -2.32. The van der Waals surface area contributed by atoms with Crippen molar-refractivity contribution < 1.29 is 13.2 Å². The number of nitrogens with zero attached hydrogens (tertiary/aromatic N) is 3. The summed E-state index contributed by atoms with van der Waals surface area (Å²) >= 11 is 0. The third kappa shape index (κ3) is 5.66. The first kappa shape index (κ1) is 24.2. The zero-order chi connectivity index (χ0) is 22.6. The summed E-state index contributed by atoms with van der Waals surface area (Å²) < 4.78 is 29.2. The molecule has 2 fully saturated rings. The number of piperazine rings is 1. The van der Waals surface area contributed by atoms with Crippen molar-refractivity contribution in [1.82, 2.24) is 19.4 Å². The molecule has 1 amide bonds. The van der Waals surface area contributed by atoms with Crippen LogP contribution in [-0.4, -0.2) is 86.8 Å². The van der Waals surface area contributed by atoms with Crippen LogP contribution in [0.25, 0.3) is 0 Å². The number of sulfonamides is 1. The molecule has 2 aliphatic rings. The second kappa shape index (κ2) is 10.4. The maximum absolute atomic E-state index is 13.8. The fourth-order valence-electron chi connectivity index (χ4n) is 5.06. The quantitative estimate of drug-likeness (QED) is 0.655. The summed E-state index contributed by atoms with van der Waals surface area (Å²) in [6.45, 7) is 13.4. The fourth-order valence-corrected chi connectivity index (χ4v) is 6.95. The van der Waals surface area contributed by atoms with Gasteiger partial charge in [-0.25, -0.2) is 8.42 Å². The molecule has 3 rings (SSSR count). The fraction of sp³-hybridized carbons (Fsp3) is 0.696. The van der Waals surface area contributed by atoms with E-state index in [2.05, 4.69) is 17.1 Å². The Morgan fingerprint density at radius 1 is 1.13 bits per heavy atom. The van der Waals surface area contributed by atoms with E-state index in [1.165, 1.54) is 0 Å². The number of likely N-dealkylation sites (tertiary alicyclic amines) is 1. The third-order valence-corrected chi connectivity index (χ3v) is 8.74. The highest BCUT2D eigenvalue weighted by atomic mass is 32.2. The van der Waals surface area contributed by atoms with Crippen molar-refractivity contribution in [2.24, 2.45) is 0 Å². The summed E-state index contributed by atoms with van der Waals surface area (Å²) in [5, 5.41) is 3.25. The molecule has 0 unspecified atom stereocenters. The molecule has 8 heteroatoms. The Hall–Kier alpha value is -1.48. The first-order chi connectivity index (χ1) is 14.7. The van der Waals surface area contributed by atoms with Crippen molar-refractivity contribution in [3.05, 3.63) is 28.8 Å². The van der Waals surface area contributed by atoms with Gasteiger partial charge in [-0.15, -0.1) is 0 Å². The van der Waals surface area contributed by atoms with E-state index in [-0.39, 0.29) is 24.9 Å². The van der Waals surface area contributed by atoms with Crippen LogP contribution in [0, 0.1) is 20.8 Å². The Morgan fingerprint density at radius 3 is 2.39 bits per heavy atom. The molecule has 1 aromatic rings. The van der Waals surface area contributed by atoms with Crippen molar-refractivity contribution >= 4 is 15.9 Å². The molecular formula is C23H38N4O3S. The molecule has 0 bridgehead atoms. The molecule has 31 heavy (non-hydrogen) atoms. The van der Waals surface area contributed by atoms with Crippen LogP contribution in [0.5, 0.6) is 0 Å². The van der Waals surface area contributed by atoms with E-state index in [1.54, 1.807) is 4.31 Å². The number of hydrogen-bond acceptors (Lipinski definition) is 5. The summed E-state index contributed by atoms with van der Waals surface area (Å²) in [7, 11) is -3.70. The van der Waals surface area contributed by atoms with E-state index in [4.69, 9.17) is 0 Å². The van der Waals surface area contributed by atoms with E-state index in [0.717, 1.165) is 55.7 Å². The largest absolute Gasteiger partial charge is 0.340 e. The molecular weight excluding hydrogens is 412 g/mol. The Kier molecular flexibility index (Phi) is 8.13. The minimum absolute atomic E-state index is 0.0396. The monoisotopic (exact) mass is 450 g/mol. The number of nitrogens with one attached hydrogen (secondary N) is 1. The molecule has 1 atom stereocenters. The third-order valence-electron chi connectivity index (χ3n) is 6.57. The molecule has 0 saturated carbocycles.